The minimum atomic E-state index is -0.0714. The van der Waals surface area contributed by atoms with Crippen LogP contribution < -0.4 is 59.5 Å². The first-order valence-corrected chi connectivity index (χ1v) is 27.5. The van der Waals surface area contributed by atoms with Crippen molar-refractivity contribution in [2.75, 3.05) is 146 Å². The molecule has 84 heavy (non-hydrogen) atoms. The van der Waals surface area contributed by atoms with Crippen LogP contribution in [0.15, 0.2) is 127 Å². The van der Waals surface area contributed by atoms with E-state index in [-0.39, 0.29) is 48.6 Å². The van der Waals surface area contributed by atoms with Gasteiger partial charge in [-0.1, -0.05) is 36.4 Å². The Hall–Kier alpha value is -9.21. The highest BCUT2D eigenvalue weighted by atomic mass is 16.5. The predicted molar refractivity (Wildman–Crippen MR) is 322 cm³/mol. The fourth-order valence-corrected chi connectivity index (χ4v) is 10.0. The molecule has 3 aliphatic heterocycles. The Bertz CT molecular complexity index is 3240. The van der Waals surface area contributed by atoms with Gasteiger partial charge in [0.1, 0.15) is 25.8 Å². The van der Waals surface area contributed by atoms with Gasteiger partial charge in [-0.05, 0) is 108 Å². The van der Waals surface area contributed by atoms with Crippen molar-refractivity contribution in [1.82, 2.24) is 0 Å². The molecule has 20 heteroatoms. The maximum absolute atomic E-state index is 12.8. The first-order chi connectivity index (χ1) is 40.9. The number of ether oxygens (including phenoxy) is 9. The fraction of sp³-hybridized carbons (Fsp3) is 0.359. The van der Waals surface area contributed by atoms with E-state index in [0.717, 1.165) is 45.1 Å². The van der Waals surface area contributed by atoms with Gasteiger partial charge in [0.2, 0.25) is 17.7 Å². The van der Waals surface area contributed by atoms with Crippen LogP contribution in [0.5, 0.6) is 34.5 Å². The number of nitrogens with one attached hydrogen (secondary N) is 2. The van der Waals surface area contributed by atoms with E-state index >= 15 is 0 Å². The van der Waals surface area contributed by atoms with E-state index in [1.165, 1.54) is 0 Å². The number of carbonyl (C=O) groups excluding carboxylic acids is 3. The summed E-state index contributed by atoms with van der Waals surface area (Å²) in [4.78, 5) is 43.3. The lowest BCUT2D eigenvalue weighted by molar-refractivity contribution is -0.118. The maximum atomic E-state index is 12.8. The number of methoxy groups -OCH3 is 6. The van der Waals surface area contributed by atoms with Crippen molar-refractivity contribution >= 4 is 51.8 Å². The third kappa shape index (κ3) is 16.9. The number of carbonyl (C=O) groups is 3. The number of nitrogen functional groups attached to an aromatic ring is 1. The molecule has 0 radical (unpaired) electrons. The van der Waals surface area contributed by atoms with Crippen LogP contribution in [-0.4, -0.2) is 133 Å². The van der Waals surface area contributed by atoms with Gasteiger partial charge >= 0.3 is 0 Å². The molecule has 3 fully saturated rings. The number of nitrogens with two attached hydrogens (primary N) is 1. The molecular formula is C64H74N8O12. The van der Waals surface area contributed by atoms with E-state index in [9.17, 15) is 14.4 Å². The summed E-state index contributed by atoms with van der Waals surface area (Å²) in [5.74, 6) is 4.18. The fourth-order valence-electron chi connectivity index (χ4n) is 10.0. The summed E-state index contributed by atoms with van der Waals surface area (Å²) in [5.41, 5.74) is 13.9. The first-order valence-electron chi connectivity index (χ1n) is 27.5. The predicted octanol–water partition coefficient (Wildman–Crippen LogP) is 9.18. The van der Waals surface area contributed by atoms with Gasteiger partial charge < -0.3 is 73.7 Å². The number of rotatable bonds is 25. The Morgan fingerprint density at radius 3 is 1.26 bits per heavy atom. The van der Waals surface area contributed by atoms with E-state index in [2.05, 4.69) is 10.6 Å². The number of benzene rings is 6. The minimum Gasteiger partial charge on any atom is -0.493 e. The summed E-state index contributed by atoms with van der Waals surface area (Å²) >= 11 is 0. The van der Waals surface area contributed by atoms with Crippen molar-refractivity contribution in [3.05, 3.63) is 144 Å². The molecule has 442 valence electrons. The molecule has 0 bridgehead atoms. The molecule has 0 spiro atoms. The van der Waals surface area contributed by atoms with Gasteiger partial charge in [0.15, 0.2) is 41.1 Å². The normalized spacial score (nSPS) is 16.1. The van der Waals surface area contributed by atoms with Crippen molar-refractivity contribution in [2.45, 2.75) is 37.0 Å². The van der Waals surface area contributed by atoms with Crippen molar-refractivity contribution in [3.8, 4) is 46.6 Å². The molecule has 4 N–H and O–H groups in total. The van der Waals surface area contributed by atoms with E-state index < -0.39 is 0 Å². The molecule has 20 nitrogen and oxygen atoms in total. The van der Waals surface area contributed by atoms with Gasteiger partial charge in [-0.3, -0.25) is 14.4 Å². The van der Waals surface area contributed by atoms with Gasteiger partial charge in [-0.25, -0.2) is 0 Å². The number of hydrogen-bond donors (Lipinski definition) is 3. The molecule has 9 rings (SSSR count). The summed E-state index contributed by atoms with van der Waals surface area (Å²) in [5, 5.41) is 23.8. The molecule has 3 aliphatic rings. The monoisotopic (exact) mass is 1150 g/mol. The lowest BCUT2D eigenvalue weighted by atomic mass is 9.98. The van der Waals surface area contributed by atoms with Crippen LogP contribution in [0.25, 0.3) is 0 Å². The van der Waals surface area contributed by atoms with Gasteiger partial charge in [0.05, 0.1) is 47.2 Å². The lowest BCUT2D eigenvalue weighted by Gasteiger charge is -2.19. The second-order valence-electron chi connectivity index (χ2n) is 19.7. The second-order valence-corrected chi connectivity index (χ2v) is 19.7. The van der Waals surface area contributed by atoms with Crippen molar-refractivity contribution in [1.29, 1.82) is 10.5 Å². The summed E-state index contributed by atoms with van der Waals surface area (Å²) in [6.07, 6.45) is 1.31. The molecule has 3 amide bonds. The van der Waals surface area contributed by atoms with E-state index in [0.29, 0.717) is 119 Å². The molecule has 6 aromatic carbocycles. The van der Waals surface area contributed by atoms with Crippen molar-refractivity contribution in [2.24, 2.45) is 0 Å². The number of anilines is 6. The molecule has 0 aliphatic carbocycles. The average Bonchev–Trinajstić information content (AvgIpc) is 4.46. The first kappa shape index (κ1) is 62.4. The topological polar surface area (TPSA) is 242 Å². The molecule has 0 saturated carbocycles. The third-order valence-electron chi connectivity index (χ3n) is 14.2. The Morgan fingerprint density at radius 2 is 0.869 bits per heavy atom. The van der Waals surface area contributed by atoms with Gasteiger partial charge in [-0.15, -0.1) is 0 Å². The van der Waals surface area contributed by atoms with E-state index in [1.54, 1.807) is 58.5 Å². The third-order valence-corrected chi connectivity index (χ3v) is 14.2. The summed E-state index contributed by atoms with van der Waals surface area (Å²) in [6, 6.07) is 44.0. The number of hydrogen-bond acceptors (Lipinski definition) is 17. The van der Waals surface area contributed by atoms with Crippen LogP contribution in [0.1, 0.15) is 53.7 Å². The Kier molecular flexibility index (Phi) is 23.7. The SMILES string of the molecule is COCCNc1cccc(N2C[C@@H](c3ccc(OC)c(OCCOC)c3)CC2=O)c1.COCCOc1cc([C@H]2CC(=O)N(c3cccc(N)c3)C2)ccc1OC.COc1ccc([C@H]2CC(=O)N(c3cccc(NCC#N)c3)C2)cc1OCC#N. The highest BCUT2D eigenvalue weighted by Gasteiger charge is 2.35. The van der Waals surface area contributed by atoms with Crippen LogP contribution in [0.3, 0.4) is 0 Å². The molecule has 0 aromatic heterocycles. The largest absolute Gasteiger partial charge is 0.493 e. The molecule has 3 atom stereocenters. The summed E-state index contributed by atoms with van der Waals surface area (Å²) in [6.45, 7) is 5.15. The standard InChI is InChI=1S/C23H30N2O5.C21H20N4O3.C20H24N2O4/c1-27-10-9-24-19-5-4-6-20(15-19)25-16-18(14-23(25)26)17-7-8-21(29-3)22(13-17)30-12-11-28-2;1-27-19-6-5-15(11-20(19)28-10-8-23)16-12-21(26)25(14-16)18-4-2-3-17(13-18)24-9-7-22;1-24-8-9-26-19-10-14(6-7-18(19)25-2)15-11-20(23)22(13-15)17-5-3-4-16(21)12-17/h4-8,13,15,18,24H,9-12,14,16H2,1-3H3;2-6,11,13,16,24H,9-10,12,14H2,1H3;3-7,10,12,15H,8-9,11,13,21H2,1-2H3/t18-;16-;15-/m000/s1. The smallest absolute Gasteiger partial charge is 0.227 e. The van der Waals surface area contributed by atoms with Crippen LogP contribution in [0.2, 0.25) is 0 Å². The zero-order valence-electron chi connectivity index (χ0n) is 48.5. The number of nitrogens with zero attached hydrogens (tertiary/aromatic N) is 5. The highest BCUT2D eigenvalue weighted by Crippen LogP contribution is 2.40. The quantitative estimate of drug-likeness (QED) is 0.0275. The van der Waals surface area contributed by atoms with Gasteiger partial charge in [0.25, 0.3) is 0 Å². The molecule has 6 aromatic rings. The summed E-state index contributed by atoms with van der Waals surface area (Å²) < 4.78 is 48.2. The molecule has 3 saturated heterocycles. The summed E-state index contributed by atoms with van der Waals surface area (Å²) in [7, 11) is 9.71. The number of amides is 3. The lowest BCUT2D eigenvalue weighted by Crippen LogP contribution is -2.24. The van der Waals surface area contributed by atoms with Crippen LogP contribution in [0.4, 0.5) is 34.1 Å². The van der Waals surface area contributed by atoms with Crippen molar-refractivity contribution in [3.63, 3.8) is 0 Å². The van der Waals surface area contributed by atoms with Gasteiger partial charge in [-0.2, -0.15) is 10.5 Å². The molecule has 0 unspecified atom stereocenters. The van der Waals surface area contributed by atoms with E-state index in [1.807, 2.05) is 138 Å². The Morgan fingerprint density at radius 1 is 0.464 bits per heavy atom. The molecule has 3 heterocycles. The zero-order chi connectivity index (χ0) is 59.8. The van der Waals surface area contributed by atoms with Gasteiger partial charge in [0, 0.05) is 119 Å². The molecular weight excluding hydrogens is 1070 g/mol. The second kappa shape index (κ2) is 31.9. The average molecular weight is 1150 g/mol. The van der Waals surface area contributed by atoms with Crippen LogP contribution in [0, 0.1) is 22.7 Å². The maximum Gasteiger partial charge on any atom is 0.227 e. The highest BCUT2D eigenvalue weighted by molar-refractivity contribution is 5.98. The Labute approximate surface area is 491 Å². The van der Waals surface area contributed by atoms with Crippen molar-refractivity contribution < 1.29 is 57.0 Å². The zero-order valence-corrected chi connectivity index (χ0v) is 48.5. The Balaban J connectivity index is 0.000000181. The number of nitriles is 2. The van der Waals surface area contributed by atoms with E-state index in [4.69, 9.17) is 58.9 Å². The van der Waals surface area contributed by atoms with Crippen LogP contribution >= 0.6 is 0 Å². The van der Waals surface area contributed by atoms with Crippen LogP contribution in [-0.2, 0) is 28.6 Å². The minimum absolute atomic E-state index is 0.0126.